The molecule has 1 saturated carbocycles. The number of carbonyl (C=O) groups is 1. The Bertz CT molecular complexity index is 644. The van der Waals surface area contributed by atoms with Crippen LogP contribution in [0.5, 0.6) is 0 Å². The summed E-state index contributed by atoms with van der Waals surface area (Å²) in [4.78, 5) is 12.2. The van der Waals surface area contributed by atoms with Crippen molar-refractivity contribution in [3.8, 4) is 5.69 Å². The number of halogens is 1. The fourth-order valence-corrected chi connectivity index (χ4v) is 2.88. The van der Waals surface area contributed by atoms with E-state index in [4.69, 9.17) is 11.6 Å². The Morgan fingerprint density at radius 2 is 1.91 bits per heavy atom. The summed E-state index contributed by atoms with van der Waals surface area (Å²) in [5.74, 6) is 0.610. The summed E-state index contributed by atoms with van der Waals surface area (Å²) in [5.41, 5.74) is 1.16. The largest absolute Gasteiger partial charge is 0.348 e. The highest BCUT2D eigenvalue weighted by atomic mass is 35.5. The molecule has 3 rings (SSSR count). The van der Waals surface area contributed by atoms with E-state index in [-0.39, 0.29) is 11.9 Å². The van der Waals surface area contributed by atoms with Crippen molar-refractivity contribution in [2.75, 3.05) is 0 Å². The molecule has 0 saturated heterocycles. The zero-order valence-corrected chi connectivity index (χ0v) is 13.3. The summed E-state index contributed by atoms with van der Waals surface area (Å²) < 4.78 is 1.58. The molecule has 1 fully saturated rings. The molecule has 1 aliphatic rings. The molecule has 1 aromatic heterocycles. The summed E-state index contributed by atoms with van der Waals surface area (Å²) in [6, 6.07) is 7.48. The highest BCUT2D eigenvalue weighted by Crippen LogP contribution is 2.23. The normalized spacial score (nSPS) is 21.5. The molecular weight excluding hydrogens is 300 g/mol. The van der Waals surface area contributed by atoms with Gasteiger partial charge in [-0.15, -0.1) is 5.10 Å². The van der Waals surface area contributed by atoms with Gasteiger partial charge in [0.15, 0.2) is 5.69 Å². The Morgan fingerprint density at radius 3 is 2.59 bits per heavy atom. The second-order valence-electron chi connectivity index (χ2n) is 5.96. The molecule has 0 spiro atoms. The lowest BCUT2D eigenvalue weighted by Gasteiger charge is -2.26. The van der Waals surface area contributed by atoms with Crippen LogP contribution in [-0.2, 0) is 0 Å². The summed E-state index contributed by atoms with van der Waals surface area (Å²) in [6.07, 6.45) is 6.06. The van der Waals surface area contributed by atoms with Crippen molar-refractivity contribution in [3.63, 3.8) is 0 Å². The molecule has 2 aromatic rings. The second-order valence-corrected chi connectivity index (χ2v) is 6.39. The molecular formula is C16H19ClN4O. The number of aromatic nitrogens is 3. The van der Waals surface area contributed by atoms with E-state index >= 15 is 0 Å². The monoisotopic (exact) mass is 318 g/mol. The van der Waals surface area contributed by atoms with E-state index in [2.05, 4.69) is 22.6 Å². The minimum Gasteiger partial charge on any atom is -0.348 e. The Labute approximate surface area is 134 Å². The number of nitrogens with one attached hydrogen (secondary N) is 1. The SMILES string of the molecule is CC1CCC(NC(=O)c2cn(-c3ccc(Cl)cc3)nn2)CC1. The zero-order valence-electron chi connectivity index (χ0n) is 12.5. The van der Waals surface area contributed by atoms with E-state index in [0.717, 1.165) is 24.4 Å². The van der Waals surface area contributed by atoms with Crippen LogP contribution >= 0.6 is 11.6 Å². The lowest BCUT2D eigenvalue weighted by atomic mass is 9.87. The average molecular weight is 319 g/mol. The Morgan fingerprint density at radius 1 is 1.23 bits per heavy atom. The molecule has 1 aromatic carbocycles. The van der Waals surface area contributed by atoms with Crippen LogP contribution in [0, 0.1) is 5.92 Å². The van der Waals surface area contributed by atoms with Crippen LogP contribution in [0.15, 0.2) is 30.5 Å². The van der Waals surface area contributed by atoms with Crippen LogP contribution in [0.2, 0.25) is 5.02 Å². The van der Waals surface area contributed by atoms with Gasteiger partial charge in [0.2, 0.25) is 0 Å². The Balaban J connectivity index is 1.65. The van der Waals surface area contributed by atoms with Gasteiger partial charge in [-0.3, -0.25) is 4.79 Å². The standard InChI is InChI=1S/C16H19ClN4O/c1-11-2-6-13(7-3-11)18-16(22)15-10-21(20-19-15)14-8-4-12(17)5-9-14/h4-5,8-11,13H,2-3,6-7H2,1H3,(H,18,22). The third-order valence-corrected chi connectivity index (χ3v) is 4.42. The number of hydrogen-bond acceptors (Lipinski definition) is 3. The van der Waals surface area contributed by atoms with Gasteiger partial charge in [-0.2, -0.15) is 0 Å². The predicted octanol–water partition coefficient (Wildman–Crippen LogP) is 3.23. The fourth-order valence-electron chi connectivity index (χ4n) is 2.75. The molecule has 1 heterocycles. The maximum Gasteiger partial charge on any atom is 0.273 e. The smallest absolute Gasteiger partial charge is 0.273 e. The molecule has 22 heavy (non-hydrogen) atoms. The lowest BCUT2D eigenvalue weighted by Crippen LogP contribution is -2.37. The van der Waals surface area contributed by atoms with E-state index in [1.54, 1.807) is 23.0 Å². The molecule has 1 N–H and O–H groups in total. The predicted molar refractivity (Wildman–Crippen MR) is 85.3 cm³/mol. The van der Waals surface area contributed by atoms with Gasteiger partial charge in [-0.05, 0) is 55.9 Å². The number of nitrogens with zero attached hydrogens (tertiary/aromatic N) is 3. The Kier molecular flexibility index (Phi) is 4.43. The third-order valence-electron chi connectivity index (χ3n) is 4.17. The fraction of sp³-hybridized carbons (Fsp3) is 0.438. The first-order chi connectivity index (χ1) is 10.6. The topological polar surface area (TPSA) is 59.8 Å². The van der Waals surface area contributed by atoms with Crippen molar-refractivity contribution in [1.29, 1.82) is 0 Å². The quantitative estimate of drug-likeness (QED) is 0.945. The van der Waals surface area contributed by atoms with Crippen molar-refractivity contribution in [2.45, 2.75) is 38.6 Å². The molecule has 0 radical (unpaired) electrons. The van der Waals surface area contributed by atoms with Crippen LogP contribution < -0.4 is 5.32 Å². The first-order valence-corrected chi connectivity index (χ1v) is 7.99. The minimum absolute atomic E-state index is 0.153. The number of carbonyl (C=O) groups excluding carboxylic acids is 1. The van der Waals surface area contributed by atoms with Gasteiger partial charge in [0.1, 0.15) is 0 Å². The number of amides is 1. The molecule has 1 amide bonds. The third kappa shape index (κ3) is 3.47. The highest BCUT2D eigenvalue weighted by Gasteiger charge is 2.21. The van der Waals surface area contributed by atoms with Gasteiger partial charge in [0.25, 0.3) is 5.91 Å². The van der Waals surface area contributed by atoms with Crippen LogP contribution in [0.25, 0.3) is 5.69 Å². The van der Waals surface area contributed by atoms with E-state index in [1.807, 2.05) is 12.1 Å². The first-order valence-electron chi connectivity index (χ1n) is 7.61. The van der Waals surface area contributed by atoms with E-state index in [9.17, 15) is 4.79 Å². The van der Waals surface area contributed by atoms with Crippen LogP contribution in [0.4, 0.5) is 0 Å². The molecule has 1 aliphatic carbocycles. The van der Waals surface area contributed by atoms with Gasteiger partial charge in [-0.1, -0.05) is 23.7 Å². The number of rotatable bonds is 3. The van der Waals surface area contributed by atoms with E-state index < -0.39 is 0 Å². The summed E-state index contributed by atoms with van der Waals surface area (Å²) in [5, 5.41) is 11.7. The molecule has 0 bridgehead atoms. The highest BCUT2D eigenvalue weighted by molar-refractivity contribution is 6.30. The summed E-state index contributed by atoms with van der Waals surface area (Å²) in [7, 11) is 0. The molecule has 116 valence electrons. The van der Waals surface area contributed by atoms with Crippen molar-refractivity contribution >= 4 is 17.5 Å². The average Bonchev–Trinajstić information content (AvgIpc) is 3.00. The van der Waals surface area contributed by atoms with Crippen LogP contribution in [0.1, 0.15) is 43.1 Å². The maximum atomic E-state index is 12.2. The molecule has 5 nitrogen and oxygen atoms in total. The second kappa shape index (κ2) is 6.48. The first kappa shape index (κ1) is 15.0. The number of hydrogen-bond donors (Lipinski definition) is 1. The maximum absolute atomic E-state index is 12.2. The van der Waals surface area contributed by atoms with Crippen LogP contribution in [-0.4, -0.2) is 26.9 Å². The van der Waals surface area contributed by atoms with E-state index in [0.29, 0.717) is 10.7 Å². The minimum atomic E-state index is -0.153. The van der Waals surface area contributed by atoms with Gasteiger partial charge in [0, 0.05) is 11.1 Å². The summed E-state index contributed by atoms with van der Waals surface area (Å²) in [6.45, 7) is 2.26. The van der Waals surface area contributed by atoms with Crippen molar-refractivity contribution < 1.29 is 4.79 Å². The van der Waals surface area contributed by atoms with Gasteiger partial charge in [-0.25, -0.2) is 4.68 Å². The summed E-state index contributed by atoms with van der Waals surface area (Å²) >= 11 is 5.86. The van der Waals surface area contributed by atoms with Crippen molar-refractivity contribution in [2.24, 2.45) is 5.92 Å². The molecule has 0 unspecified atom stereocenters. The molecule has 0 aliphatic heterocycles. The van der Waals surface area contributed by atoms with Crippen molar-refractivity contribution in [3.05, 3.63) is 41.2 Å². The molecule has 6 heteroatoms. The van der Waals surface area contributed by atoms with Gasteiger partial charge >= 0.3 is 0 Å². The van der Waals surface area contributed by atoms with Gasteiger partial charge in [0.05, 0.1) is 11.9 Å². The lowest BCUT2D eigenvalue weighted by molar-refractivity contribution is 0.0918. The van der Waals surface area contributed by atoms with Crippen LogP contribution in [0.3, 0.4) is 0 Å². The van der Waals surface area contributed by atoms with Gasteiger partial charge < -0.3 is 5.32 Å². The number of benzene rings is 1. The zero-order chi connectivity index (χ0) is 15.5. The van der Waals surface area contributed by atoms with E-state index in [1.165, 1.54) is 12.8 Å². The Hall–Kier alpha value is -1.88. The van der Waals surface area contributed by atoms with Crippen molar-refractivity contribution in [1.82, 2.24) is 20.3 Å². The molecule has 0 atom stereocenters.